The fourth-order valence-electron chi connectivity index (χ4n) is 0. The third-order valence-corrected chi connectivity index (χ3v) is 0. The third kappa shape index (κ3) is 18.0. The van der Waals surface area contributed by atoms with Crippen LogP contribution in [0.15, 0.2) is 0 Å². The Morgan fingerprint density at radius 3 is 1.20 bits per heavy atom. The van der Waals surface area contributed by atoms with Crippen LogP contribution in [0.5, 0.6) is 0 Å². The monoisotopic (exact) mass is 482 g/mol. The summed E-state index contributed by atoms with van der Waals surface area (Å²) in [5.41, 5.74) is 0. The molecular weight excluding hydrogens is 482 g/mol. The van der Waals surface area contributed by atoms with E-state index in [1.807, 2.05) is 0 Å². The molecule has 0 rings (SSSR count). The molecule has 0 N–H and O–H groups in total. The molecular formula is AgBaCuGdO. The van der Waals surface area contributed by atoms with Gasteiger partial charge in [0.25, 0.3) is 0 Å². The average Bonchev–Trinajstić information content (AvgIpc) is 1.00. The summed E-state index contributed by atoms with van der Waals surface area (Å²) in [7, 11) is 0. The van der Waals surface area contributed by atoms with Crippen molar-refractivity contribution in [2.24, 2.45) is 0 Å². The average molecular weight is 482 g/mol. The Balaban J connectivity index is -0.00000000167. The number of hydrogen-bond donors (Lipinski definition) is 0. The summed E-state index contributed by atoms with van der Waals surface area (Å²) in [6, 6.07) is 0. The molecule has 0 aliphatic rings. The molecule has 5 heavy (non-hydrogen) atoms. The molecule has 0 aliphatic carbocycles. The van der Waals surface area contributed by atoms with Crippen LogP contribution >= 0.6 is 0 Å². The second kappa shape index (κ2) is 24.6. The SMILES string of the molecule is [Ba].[Cu].[Gd].[O]=[Ag]. The van der Waals surface area contributed by atoms with E-state index >= 15 is 0 Å². The zero-order valence-corrected chi connectivity index (χ0v) is 11.2. The van der Waals surface area contributed by atoms with Crippen molar-refractivity contribution < 1.29 is 81.3 Å². The molecule has 0 aliphatic heterocycles. The normalized spacial score (nSPS) is 1.20. The van der Waals surface area contributed by atoms with Gasteiger partial charge in [0.15, 0.2) is 0 Å². The summed E-state index contributed by atoms with van der Waals surface area (Å²) in [5.74, 6) is 0. The molecule has 1 nitrogen and oxygen atoms in total. The van der Waals surface area contributed by atoms with Crippen molar-refractivity contribution >= 4 is 48.9 Å². The molecule has 0 saturated heterocycles. The minimum absolute atomic E-state index is 0. The van der Waals surface area contributed by atoms with E-state index < -0.39 is 0 Å². The summed E-state index contributed by atoms with van der Waals surface area (Å²) in [4.78, 5) is 0. The quantitative estimate of drug-likeness (QED) is 0.426. The Bertz CT molecular complexity index is 11.6. The molecule has 3 radical (unpaired) electrons. The van der Waals surface area contributed by atoms with E-state index in [9.17, 15) is 0 Å². The van der Waals surface area contributed by atoms with Crippen LogP contribution in [0.3, 0.4) is 0 Å². The molecule has 0 spiro atoms. The van der Waals surface area contributed by atoms with Gasteiger partial charge in [-0.3, -0.25) is 0 Å². The predicted molar refractivity (Wildman–Crippen MR) is 6.44 cm³/mol. The van der Waals surface area contributed by atoms with E-state index in [4.69, 9.17) is 3.25 Å². The van der Waals surface area contributed by atoms with Crippen molar-refractivity contribution in [1.82, 2.24) is 0 Å². The van der Waals surface area contributed by atoms with Crippen LogP contribution in [0.4, 0.5) is 0 Å². The fourth-order valence-corrected chi connectivity index (χ4v) is 0. The fraction of sp³-hybridized carbons (Fsp3) is 0. The van der Waals surface area contributed by atoms with E-state index in [0.717, 1.165) is 0 Å². The van der Waals surface area contributed by atoms with E-state index in [0.29, 0.717) is 0 Å². The van der Waals surface area contributed by atoms with Crippen LogP contribution in [0, 0.1) is 39.9 Å². The van der Waals surface area contributed by atoms with Gasteiger partial charge in [0.1, 0.15) is 0 Å². The van der Waals surface area contributed by atoms with Gasteiger partial charge in [-0.25, -0.2) is 0 Å². The molecule has 0 heterocycles. The van der Waals surface area contributed by atoms with Crippen molar-refractivity contribution in [1.29, 1.82) is 0 Å². The maximum atomic E-state index is 8.06. The van der Waals surface area contributed by atoms with Crippen LogP contribution in [0.2, 0.25) is 0 Å². The summed E-state index contributed by atoms with van der Waals surface area (Å²) in [6.45, 7) is 0. The Labute approximate surface area is 126 Å². The molecule has 0 atom stereocenters. The van der Waals surface area contributed by atoms with Crippen molar-refractivity contribution in [2.75, 3.05) is 0 Å². The zero-order chi connectivity index (χ0) is 2.00. The number of rotatable bonds is 0. The Kier molecular flexibility index (Phi) is 114. The standard InChI is InChI=1S/Ag.Ba.Cu.Gd.O. The minimum atomic E-state index is 0. The topological polar surface area (TPSA) is 17.1 Å². The first-order valence-electron chi connectivity index (χ1n) is 0.123. The summed E-state index contributed by atoms with van der Waals surface area (Å²) in [5, 5.41) is 0. The molecule has 0 unspecified atom stereocenters. The third-order valence-electron chi connectivity index (χ3n) is 0. The molecule has 0 fully saturated rings. The van der Waals surface area contributed by atoms with Crippen LogP contribution < -0.4 is 0 Å². The van der Waals surface area contributed by atoms with Crippen molar-refractivity contribution in [3.63, 3.8) is 0 Å². The molecule has 0 bridgehead atoms. The number of hydrogen-bond acceptors (Lipinski definition) is 1. The van der Waals surface area contributed by atoms with E-state index in [1.54, 1.807) is 21.0 Å². The van der Waals surface area contributed by atoms with Gasteiger partial charge >= 0.3 is 24.3 Å². The molecule has 0 saturated carbocycles. The Morgan fingerprint density at radius 2 is 1.20 bits per heavy atom. The maximum absolute atomic E-state index is 8.06. The van der Waals surface area contributed by atoms with Gasteiger partial charge in [-0.05, 0) is 0 Å². The van der Waals surface area contributed by atoms with Crippen molar-refractivity contribution in [3.05, 3.63) is 0 Å². The molecule has 0 aromatic heterocycles. The summed E-state index contributed by atoms with van der Waals surface area (Å²) < 4.78 is 8.06. The van der Waals surface area contributed by atoms with Crippen molar-refractivity contribution in [2.45, 2.75) is 0 Å². The van der Waals surface area contributed by atoms with Gasteiger partial charge in [0.05, 0.1) is 0 Å². The Hall–Kier alpha value is 3.96. The van der Waals surface area contributed by atoms with Crippen LogP contribution in [0.25, 0.3) is 0 Å². The van der Waals surface area contributed by atoms with Crippen molar-refractivity contribution in [3.8, 4) is 0 Å². The van der Waals surface area contributed by atoms with Gasteiger partial charge in [-0.1, -0.05) is 0 Å². The molecule has 5 heteroatoms. The van der Waals surface area contributed by atoms with Gasteiger partial charge in [-0.2, -0.15) is 0 Å². The van der Waals surface area contributed by atoms with Crippen LogP contribution in [0.1, 0.15) is 0 Å². The van der Waals surface area contributed by atoms with Crippen LogP contribution in [-0.2, 0) is 41.4 Å². The van der Waals surface area contributed by atoms with Gasteiger partial charge in [-0.15, -0.1) is 0 Å². The predicted octanol–water partition coefficient (Wildman–Crippen LogP) is -0.505. The summed E-state index contributed by atoms with van der Waals surface area (Å²) in [6.07, 6.45) is 0. The van der Waals surface area contributed by atoms with E-state index in [1.165, 1.54) is 0 Å². The van der Waals surface area contributed by atoms with E-state index in [2.05, 4.69) is 0 Å². The molecule has 38 valence electrons. The Morgan fingerprint density at radius 1 is 1.20 bits per heavy atom. The van der Waals surface area contributed by atoms with Crippen LogP contribution in [-0.4, -0.2) is 48.9 Å². The van der Waals surface area contributed by atoms with E-state index in [-0.39, 0.29) is 106 Å². The first-order valence-corrected chi connectivity index (χ1v) is 0.728. The second-order valence-electron chi connectivity index (χ2n) is 0. The molecule has 0 aromatic rings. The molecule has 0 aromatic carbocycles. The zero-order valence-electron chi connectivity index (χ0n) is 2.07. The summed E-state index contributed by atoms with van der Waals surface area (Å²) >= 11 is 1.70. The first-order chi connectivity index (χ1) is 1.00. The second-order valence-corrected chi connectivity index (χ2v) is 0. The first kappa shape index (κ1) is 23.1. The van der Waals surface area contributed by atoms with Gasteiger partial charge < -0.3 is 0 Å². The van der Waals surface area contributed by atoms with Gasteiger partial charge in [0.2, 0.25) is 0 Å². The molecule has 0 amide bonds. The van der Waals surface area contributed by atoms with Gasteiger partial charge in [0, 0.05) is 106 Å².